The lowest BCUT2D eigenvalue weighted by atomic mass is 9.67. The van der Waals surface area contributed by atoms with E-state index in [1.165, 1.54) is 24.0 Å². The lowest BCUT2D eigenvalue weighted by Crippen LogP contribution is -2.49. The first-order chi connectivity index (χ1) is 9.92. The van der Waals surface area contributed by atoms with Crippen LogP contribution in [0.1, 0.15) is 63.6 Å². The van der Waals surface area contributed by atoms with E-state index in [1.807, 2.05) is 19.4 Å². The van der Waals surface area contributed by atoms with Gasteiger partial charge in [-0.15, -0.1) is 0 Å². The topological polar surface area (TPSA) is 34.1 Å². The van der Waals surface area contributed by atoms with Crippen LogP contribution in [0.3, 0.4) is 0 Å². The number of likely N-dealkylation sites (N-methyl/N-ethyl adjacent to an activating group) is 1. The van der Waals surface area contributed by atoms with Crippen molar-refractivity contribution in [2.75, 3.05) is 13.7 Å². The normalized spacial score (nSPS) is 22.0. The van der Waals surface area contributed by atoms with E-state index < -0.39 is 0 Å². The van der Waals surface area contributed by atoms with Crippen LogP contribution in [-0.2, 0) is 4.74 Å². The Labute approximate surface area is 129 Å². The van der Waals surface area contributed by atoms with Crippen molar-refractivity contribution in [3.05, 3.63) is 29.6 Å². The lowest BCUT2D eigenvalue weighted by molar-refractivity contribution is -0.106. The van der Waals surface area contributed by atoms with Crippen LogP contribution in [-0.4, -0.2) is 24.2 Å². The van der Waals surface area contributed by atoms with Crippen LogP contribution < -0.4 is 5.32 Å². The van der Waals surface area contributed by atoms with Crippen LogP contribution in [0.4, 0.5) is 0 Å². The van der Waals surface area contributed by atoms with Crippen LogP contribution in [0.5, 0.6) is 0 Å². The minimum Gasteiger partial charge on any atom is -0.373 e. The summed E-state index contributed by atoms with van der Waals surface area (Å²) in [7, 11) is 2.04. The first-order valence-electron chi connectivity index (χ1n) is 8.15. The molecule has 0 bridgehead atoms. The van der Waals surface area contributed by atoms with Gasteiger partial charge in [-0.2, -0.15) is 0 Å². The van der Waals surface area contributed by atoms with E-state index in [-0.39, 0.29) is 11.6 Å². The molecule has 1 atom stereocenters. The van der Waals surface area contributed by atoms with Crippen LogP contribution in [0.25, 0.3) is 0 Å². The van der Waals surface area contributed by atoms with Gasteiger partial charge >= 0.3 is 0 Å². The number of nitrogens with one attached hydrogen (secondary N) is 1. The van der Waals surface area contributed by atoms with Crippen LogP contribution in [0, 0.1) is 12.3 Å². The molecule has 1 unspecified atom stereocenters. The predicted octanol–water partition coefficient (Wildman–Crippen LogP) is 4.03. The largest absolute Gasteiger partial charge is 0.373 e. The van der Waals surface area contributed by atoms with Gasteiger partial charge in [-0.1, -0.05) is 19.9 Å². The maximum Gasteiger partial charge on any atom is 0.0877 e. The molecular formula is C18H30N2O. The average molecular weight is 290 g/mol. The molecule has 0 amide bonds. The number of rotatable bonds is 5. The highest BCUT2D eigenvalue weighted by molar-refractivity contribution is 5.24. The second kappa shape index (κ2) is 6.45. The Morgan fingerprint density at radius 1 is 1.24 bits per heavy atom. The smallest absolute Gasteiger partial charge is 0.0877 e. The molecule has 1 aromatic heterocycles. The molecule has 0 saturated heterocycles. The third kappa shape index (κ3) is 3.64. The molecule has 2 rings (SSSR count). The van der Waals surface area contributed by atoms with Gasteiger partial charge in [-0.3, -0.25) is 4.98 Å². The molecule has 21 heavy (non-hydrogen) atoms. The first kappa shape index (κ1) is 16.4. The fourth-order valence-electron chi connectivity index (χ4n) is 3.62. The fraction of sp³-hybridized carbons (Fsp3) is 0.722. The standard InChI is InChI=1S/C18H30N2O/c1-6-21-18(9-7-17(3,4)8-10-18)16(19-5)15-11-14(2)12-20-13-15/h11-13,16,19H,6-10H2,1-5H3. The van der Waals surface area contributed by atoms with Crippen molar-refractivity contribution in [2.45, 2.75) is 65.0 Å². The highest BCUT2D eigenvalue weighted by Gasteiger charge is 2.44. The summed E-state index contributed by atoms with van der Waals surface area (Å²) in [5, 5.41) is 3.50. The van der Waals surface area contributed by atoms with Gasteiger partial charge in [0, 0.05) is 19.0 Å². The third-order valence-electron chi connectivity index (χ3n) is 4.93. The van der Waals surface area contributed by atoms with Gasteiger partial charge in [0.15, 0.2) is 0 Å². The number of ether oxygens (including phenoxy) is 1. The summed E-state index contributed by atoms with van der Waals surface area (Å²) in [5.41, 5.74) is 2.78. The highest BCUT2D eigenvalue weighted by Crippen LogP contribution is 2.47. The molecule has 0 aliphatic heterocycles. The van der Waals surface area contributed by atoms with Gasteiger partial charge < -0.3 is 10.1 Å². The quantitative estimate of drug-likeness (QED) is 0.889. The summed E-state index contributed by atoms with van der Waals surface area (Å²) < 4.78 is 6.32. The van der Waals surface area contributed by atoms with Crippen molar-refractivity contribution in [2.24, 2.45) is 5.41 Å². The fourth-order valence-corrected chi connectivity index (χ4v) is 3.62. The zero-order chi connectivity index (χ0) is 15.5. The number of pyridine rings is 1. The molecule has 1 heterocycles. The zero-order valence-corrected chi connectivity index (χ0v) is 14.2. The van der Waals surface area contributed by atoms with Crippen molar-refractivity contribution >= 4 is 0 Å². The first-order valence-corrected chi connectivity index (χ1v) is 8.15. The van der Waals surface area contributed by atoms with E-state index in [4.69, 9.17) is 4.74 Å². The number of hydrogen-bond donors (Lipinski definition) is 1. The molecule has 1 aliphatic carbocycles. The summed E-state index contributed by atoms with van der Waals surface area (Å²) in [6.07, 6.45) is 8.53. The van der Waals surface area contributed by atoms with Gasteiger partial charge in [-0.05, 0) is 63.1 Å². The van der Waals surface area contributed by atoms with Gasteiger partial charge in [0.05, 0.1) is 11.6 Å². The van der Waals surface area contributed by atoms with Crippen molar-refractivity contribution < 1.29 is 4.74 Å². The van der Waals surface area contributed by atoms with Gasteiger partial charge in [-0.25, -0.2) is 0 Å². The maximum atomic E-state index is 6.32. The maximum absolute atomic E-state index is 6.32. The molecule has 1 fully saturated rings. The summed E-state index contributed by atoms with van der Waals surface area (Å²) in [5.74, 6) is 0. The van der Waals surface area contributed by atoms with E-state index in [2.05, 4.69) is 44.1 Å². The summed E-state index contributed by atoms with van der Waals surface area (Å²) in [6, 6.07) is 2.44. The van der Waals surface area contributed by atoms with Crippen molar-refractivity contribution in [3.63, 3.8) is 0 Å². The molecule has 1 aromatic rings. The second-order valence-corrected chi connectivity index (χ2v) is 7.18. The number of nitrogens with zero attached hydrogens (tertiary/aromatic N) is 1. The Kier molecular flexibility index (Phi) is 5.05. The van der Waals surface area contributed by atoms with E-state index in [0.717, 1.165) is 19.4 Å². The Balaban J connectivity index is 2.31. The molecule has 3 nitrogen and oxygen atoms in total. The Morgan fingerprint density at radius 2 is 1.90 bits per heavy atom. The highest BCUT2D eigenvalue weighted by atomic mass is 16.5. The molecule has 1 saturated carbocycles. The third-order valence-corrected chi connectivity index (χ3v) is 4.93. The Hall–Kier alpha value is -0.930. The monoisotopic (exact) mass is 290 g/mol. The number of hydrogen-bond acceptors (Lipinski definition) is 3. The minimum absolute atomic E-state index is 0.103. The second-order valence-electron chi connectivity index (χ2n) is 7.18. The van der Waals surface area contributed by atoms with E-state index in [9.17, 15) is 0 Å². The molecule has 0 radical (unpaired) electrons. The van der Waals surface area contributed by atoms with Crippen LogP contribution >= 0.6 is 0 Å². The molecule has 0 spiro atoms. The van der Waals surface area contributed by atoms with Crippen molar-refractivity contribution in [1.29, 1.82) is 0 Å². The lowest BCUT2D eigenvalue weighted by Gasteiger charge is -2.47. The summed E-state index contributed by atoms with van der Waals surface area (Å²) >= 11 is 0. The molecule has 0 aromatic carbocycles. The predicted molar refractivity (Wildman–Crippen MR) is 87.4 cm³/mol. The van der Waals surface area contributed by atoms with Gasteiger partial charge in [0.1, 0.15) is 0 Å². The van der Waals surface area contributed by atoms with E-state index >= 15 is 0 Å². The van der Waals surface area contributed by atoms with Gasteiger partial charge in [0.25, 0.3) is 0 Å². The summed E-state index contributed by atoms with van der Waals surface area (Å²) in [4.78, 5) is 4.37. The zero-order valence-electron chi connectivity index (χ0n) is 14.2. The number of aryl methyl sites for hydroxylation is 1. The molecule has 3 heteroatoms. The SMILES string of the molecule is CCOC1(C(NC)c2cncc(C)c2)CCC(C)(C)CC1. The minimum atomic E-state index is -0.103. The Bertz CT molecular complexity index is 460. The molecule has 1 N–H and O–H groups in total. The molecular weight excluding hydrogens is 260 g/mol. The van der Waals surface area contributed by atoms with E-state index in [1.54, 1.807) is 0 Å². The van der Waals surface area contributed by atoms with Crippen LogP contribution in [0.2, 0.25) is 0 Å². The van der Waals surface area contributed by atoms with Crippen LogP contribution in [0.15, 0.2) is 18.5 Å². The summed E-state index contributed by atoms with van der Waals surface area (Å²) in [6.45, 7) is 9.69. The van der Waals surface area contributed by atoms with Crippen molar-refractivity contribution in [3.8, 4) is 0 Å². The molecule has 1 aliphatic rings. The van der Waals surface area contributed by atoms with Crippen molar-refractivity contribution in [1.82, 2.24) is 10.3 Å². The average Bonchev–Trinajstić information content (AvgIpc) is 2.43. The number of aromatic nitrogens is 1. The molecule has 118 valence electrons. The van der Waals surface area contributed by atoms with Gasteiger partial charge in [0.2, 0.25) is 0 Å². The van der Waals surface area contributed by atoms with E-state index in [0.29, 0.717) is 5.41 Å². The Morgan fingerprint density at radius 3 is 2.43 bits per heavy atom.